The first-order valence-electron chi connectivity index (χ1n) is 5.22. The number of benzene rings is 1. The van der Waals surface area contributed by atoms with E-state index in [0.717, 1.165) is 0 Å². The molecule has 0 fully saturated rings. The quantitative estimate of drug-likeness (QED) is 0.818. The molecule has 1 atom stereocenters. The lowest BCUT2D eigenvalue weighted by atomic mass is 10.1. The van der Waals surface area contributed by atoms with Crippen molar-refractivity contribution in [3.05, 3.63) is 35.1 Å². The fraction of sp³-hybridized carbons (Fsp3) is 0.417. The Balaban J connectivity index is 2.72. The number of aliphatic hydroxyl groups excluding tert-OH is 1. The number of nitrogens with one attached hydrogen (secondary N) is 1. The molecule has 0 aliphatic heterocycles. The van der Waals surface area contributed by atoms with E-state index < -0.39 is 5.82 Å². The summed E-state index contributed by atoms with van der Waals surface area (Å²) < 4.78 is 13.1. The number of carbonyl (C=O) groups excluding carboxylic acids is 1. The molecule has 0 radical (unpaired) electrons. The Morgan fingerprint density at radius 2 is 2.19 bits per heavy atom. The van der Waals surface area contributed by atoms with Crippen LogP contribution < -0.4 is 5.32 Å². The summed E-state index contributed by atoms with van der Waals surface area (Å²) in [5, 5.41) is 11.4. The molecule has 0 saturated heterocycles. The third kappa shape index (κ3) is 3.62. The maximum Gasteiger partial charge on any atom is 0.251 e. The summed E-state index contributed by atoms with van der Waals surface area (Å²) in [6.45, 7) is 3.54. The summed E-state index contributed by atoms with van der Waals surface area (Å²) in [6, 6.07) is 4.08. The highest BCUT2D eigenvalue weighted by Gasteiger charge is 2.10. The molecule has 16 heavy (non-hydrogen) atoms. The van der Waals surface area contributed by atoms with E-state index in [9.17, 15) is 9.18 Å². The second-order valence-corrected chi connectivity index (χ2v) is 3.90. The maximum atomic E-state index is 13.1. The van der Waals surface area contributed by atoms with Crippen molar-refractivity contribution in [1.82, 2.24) is 5.32 Å². The summed E-state index contributed by atoms with van der Waals surface area (Å²) in [7, 11) is 0. The summed E-state index contributed by atoms with van der Waals surface area (Å²) in [4.78, 5) is 11.7. The van der Waals surface area contributed by atoms with E-state index in [1.54, 1.807) is 19.9 Å². The Bertz CT molecular complexity index is 359. The number of rotatable bonds is 4. The number of aliphatic hydroxyl groups is 1. The van der Waals surface area contributed by atoms with Gasteiger partial charge in [0.05, 0.1) is 0 Å². The van der Waals surface area contributed by atoms with E-state index in [4.69, 9.17) is 5.11 Å². The van der Waals surface area contributed by atoms with E-state index >= 15 is 0 Å². The highest BCUT2D eigenvalue weighted by Crippen LogP contribution is 2.08. The van der Waals surface area contributed by atoms with Gasteiger partial charge in [-0.1, -0.05) is 0 Å². The number of carbonyl (C=O) groups is 1. The van der Waals surface area contributed by atoms with Gasteiger partial charge in [0.25, 0.3) is 5.91 Å². The van der Waals surface area contributed by atoms with E-state index in [0.29, 0.717) is 17.5 Å². The van der Waals surface area contributed by atoms with Crippen LogP contribution in [0.3, 0.4) is 0 Å². The largest absolute Gasteiger partial charge is 0.396 e. The standard InChI is InChI=1S/C12H16FNO2/c1-8-5-10(7-11(13)6-8)12(16)14-9(2)3-4-15/h5-7,9,15H,3-4H2,1-2H3,(H,14,16). The Morgan fingerprint density at radius 3 is 2.75 bits per heavy atom. The minimum atomic E-state index is -0.417. The van der Waals surface area contributed by atoms with Crippen LogP contribution >= 0.6 is 0 Å². The van der Waals surface area contributed by atoms with Gasteiger partial charge < -0.3 is 10.4 Å². The van der Waals surface area contributed by atoms with E-state index in [1.165, 1.54) is 12.1 Å². The first-order valence-corrected chi connectivity index (χ1v) is 5.22. The van der Waals surface area contributed by atoms with Crippen LogP contribution in [0.25, 0.3) is 0 Å². The van der Waals surface area contributed by atoms with Gasteiger partial charge in [0.15, 0.2) is 0 Å². The molecule has 0 spiro atoms. The fourth-order valence-electron chi connectivity index (χ4n) is 1.44. The normalized spacial score (nSPS) is 12.2. The lowest BCUT2D eigenvalue weighted by molar-refractivity contribution is 0.0934. The van der Waals surface area contributed by atoms with Crippen molar-refractivity contribution in [1.29, 1.82) is 0 Å². The summed E-state index contributed by atoms with van der Waals surface area (Å²) in [5.74, 6) is -0.733. The Labute approximate surface area is 94.3 Å². The molecule has 2 N–H and O–H groups in total. The number of amides is 1. The Morgan fingerprint density at radius 1 is 1.50 bits per heavy atom. The number of hydrogen-bond acceptors (Lipinski definition) is 2. The number of hydrogen-bond donors (Lipinski definition) is 2. The predicted molar refractivity (Wildman–Crippen MR) is 59.8 cm³/mol. The van der Waals surface area contributed by atoms with Crippen LogP contribution in [0.5, 0.6) is 0 Å². The lowest BCUT2D eigenvalue weighted by Gasteiger charge is -2.12. The van der Waals surface area contributed by atoms with Crippen LogP contribution in [-0.2, 0) is 0 Å². The highest BCUT2D eigenvalue weighted by molar-refractivity contribution is 5.94. The molecule has 1 aromatic rings. The van der Waals surface area contributed by atoms with Gasteiger partial charge >= 0.3 is 0 Å². The van der Waals surface area contributed by atoms with Gasteiger partial charge in [-0.05, 0) is 44.0 Å². The molecule has 1 rings (SSSR count). The number of halogens is 1. The van der Waals surface area contributed by atoms with Crippen molar-refractivity contribution < 1.29 is 14.3 Å². The Kier molecular flexibility index (Phi) is 4.43. The predicted octanol–water partition coefficient (Wildman–Crippen LogP) is 1.63. The molecule has 1 amide bonds. The molecule has 0 saturated carbocycles. The van der Waals surface area contributed by atoms with Gasteiger partial charge in [0.1, 0.15) is 5.82 Å². The minimum Gasteiger partial charge on any atom is -0.396 e. The van der Waals surface area contributed by atoms with Gasteiger partial charge in [-0.3, -0.25) is 4.79 Å². The molecule has 0 heterocycles. The van der Waals surface area contributed by atoms with E-state index in [2.05, 4.69) is 5.32 Å². The van der Waals surface area contributed by atoms with Crippen LogP contribution in [0.4, 0.5) is 4.39 Å². The molecule has 4 heteroatoms. The second kappa shape index (κ2) is 5.61. The smallest absolute Gasteiger partial charge is 0.251 e. The topological polar surface area (TPSA) is 49.3 Å². The van der Waals surface area contributed by atoms with Crippen LogP contribution in [0.15, 0.2) is 18.2 Å². The molecule has 0 aliphatic carbocycles. The van der Waals surface area contributed by atoms with Gasteiger partial charge in [-0.25, -0.2) is 4.39 Å². The molecule has 0 aliphatic rings. The van der Waals surface area contributed by atoms with Gasteiger partial charge in [-0.2, -0.15) is 0 Å². The molecule has 1 aromatic carbocycles. The van der Waals surface area contributed by atoms with Gasteiger partial charge in [-0.15, -0.1) is 0 Å². The first-order chi connectivity index (χ1) is 7.52. The molecule has 3 nitrogen and oxygen atoms in total. The molecule has 1 unspecified atom stereocenters. The van der Waals surface area contributed by atoms with Crippen molar-refractivity contribution in [2.45, 2.75) is 26.3 Å². The van der Waals surface area contributed by atoms with Crippen LogP contribution in [0.2, 0.25) is 0 Å². The van der Waals surface area contributed by atoms with Crippen molar-refractivity contribution in [2.24, 2.45) is 0 Å². The number of aryl methyl sites for hydroxylation is 1. The van der Waals surface area contributed by atoms with E-state index in [-0.39, 0.29) is 18.6 Å². The summed E-state index contributed by atoms with van der Waals surface area (Å²) >= 11 is 0. The van der Waals surface area contributed by atoms with Crippen molar-refractivity contribution >= 4 is 5.91 Å². The third-order valence-corrected chi connectivity index (χ3v) is 2.24. The average Bonchev–Trinajstić information content (AvgIpc) is 2.16. The zero-order valence-corrected chi connectivity index (χ0v) is 9.46. The van der Waals surface area contributed by atoms with Gasteiger partial charge in [0.2, 0.25) is 0 Å². The third-order valence-electron chi connectivity index (χ3n) is 2.24. The van der Waals surface area contributed by atoms with Crippen LogP contribution in [-0.4, -0.2) is 23.7 Å². The molecule has 0 bridgehead atoms. The van der Waals surface area contributed by atoms with Crippen LogP contribution in [0.1, 0.15) is 29.3 Å². The molecule has 88 valence electrons. The second-order valence-electron chi connectivity index (χ2n) is 3.90. The van der Waals surface area contributed by atoms with Crippen LogP contribution in [0, 0.1) is 12.7 Å². The molecular weight excluding hydrogens is 209 g/mol. The fourth-order valence-corrected chi connectivity index (χ4v) is 1.44. The van der Waals surface area contributed by atoms with Gasteiger partial charge in [0, 0.05) is 18.2 Å². The average molecular weight is 225 g/mol. The lowest BCUT2D eigenvalue weighted by Crippen LogP contribution is -2.33. The Hall–Kier alpha value is -1.42. The zero-order valence-electron chi connectivity index (χ0n) is 9.46. The molecule has 0 aromatic heterocycles. The monoisotopic (exact) mass is 225 g/mol. The molecular formula is C12H16FNO2. The minimum absolute atomic E-state index is 0.0175. The highest BCUT2D eigenvalue weighted by atomic mass is 19.1. The SMILES string of the molecule is Cc1cc(F)cc(C(=O)NC(C)CCO)c1. The summed E-state index contributed by atoms with van der Waals surface area (Å²) in [5.41, 5.74) is 1.02. The van der Waals surface area contributed by atoms with Crippen molar-refractivity contribution in [2.75, 3.05) is 6.61 Å². The zero-order chi connectivity index (χ0) is 12.1. The first kappa shape index (κ1) is 12.6. The van der Waals surface area contributed by atoms with E-state index in [1.807, 2.05) is 0 Å². The summed E-state index contributed by atoms with van der Waals surface area (Å²) in [6.07, 6.45) is 0.486. The van der Waals surface area contributed by atoms with Crippen molar-refractivity contribution in [3.63, 3.8) is 0 Å². The van der Waals surface area contributed by atoms with Crippen molar-refractivity contribution in [3.8, 4) is 0 Å². The maximum absolute atomic E-state index is 13.1.